The molecule has 108 valence electrons. The summed E-state index contributed by atoms with van der Waals surface area (Å²) in [7, 11) is 3.41. The second kappa shape index (κ2) is 9.36. The third-order valence-corrected chi connectivity index (χ3v) is 2.85. The molecular weight excluding hydrogens is 240 g/mol. The summed E-state index contributed by atoms with van der Waals surface area (Å²) < 4.78 is 6.54. The minimum Gasteiger partial charge on any atom is -0.469 e. The number of hydrogen-bond acceptors (Lipinski definition) is 3. The van der Waals surface area contributed by atoms with E-state index in [2.05, 4.69) is 42.9 Å². The molecule has 1 aromatic heterocycles. The summed E-state index contributed by atoms with van der Waals surface area (Å²) in [5, 5.41) is 4.47. The third-order valence-electron chi connectivity index (χ3n) is 2.85. The lowest BCUT2D eigenvalue weighted by molar-refractivity contribution is -0.140. The average Bonchev–Trinajstić information content (AvgIpc) is 2.78. The van der Waals surface area contributed by atoms with E-state index in [4.69, 9.17) is 0 Å². The molecule has 0 aliphatic carbocycles. The fraction of sp³-hybridized carbons (Fsp3) is 0.600. The Morgan fingerprint density at radius 2 is 2.05 bits per heavy atom. The van der Waals surface area contributed by atoms with Gasteiger partial charge in [-0.05, 0) is 31.2 Å². The number of ether oxygens (including phenoxy) is 1. The first-order chi connectivity index (χ1) is 9.04. The third kappa shape index (κ3) is 6.22. The van der Waals surface area contributed by atoms with Gasteiger partial charge < -0.3 is 4.74 Å². The summed E-state index contributed by atoms with van der Waals surface area (Å²) in [5.74, 6) is 0.366. The fourth-order valence-corrected chi connectivity index (χ4v) is 1.88. The Morgan fingerprint density at radius 1 is 1.42 bits per heavy atom. The van der Waals surface area contributed by atoms with E-state index in [-0.39, 0.29) is 5.97 Å². The highest BCUT2D eigenvalue weighted by Crippen LogP contribution is 2.16. The summed E-state index contributed by atoms with van der Waals surface area (Å²) in [6.07, 6.45) is 3.27. The fourth-order valence-electron chi connectivity index (χ4n) is 1.88. The normalized spacial score (nSPS) is 9.95. The van der Waals surface area contributed by atoms with Gasteiger partial charge in [-0.1, -0.05) is 13.8 Å². The number of rotatable bonds is 6. The Balaban J connectivity index is 0.00000154. The molecule has 0 amide bonds. The number of aromatic nitrogens is 2. The van der Waals surface area contributed by atoms with Gasteiger partial charge in [0.15, 0.2) is 0 Å². The number of hydrogen-bond donors (Lipinski definition) is 0. The molecule has 4 nitrogen and oxygen atoms in total. The van der Waals surface area contributed by atoms with Crippen LogP contribution in [0.2, 0.25) is 0 Å². The molecule has 0 unspecified atom stereocenters. The Hall–Kier alpha value is -1.58. The number of carbonyl (C=O) groups excluding carboxylic acids is 1. The molecule has 0 aliphatic heterocycles. The molecule has 0 aromatic carbocycles. The number of carbonyl (C=O) groups is 1. The van der Waals surface area contributed by atoms with Crippen LogP contribution in [0.15, 0.2) is 19.2 Å². The van der Waals surface area contributed by atoms with Crippen molar-refractivity contribution in [3.63, 3.8) is 0 Å². The largest absolute Gasteiger partial charge is 0.469 e. The molecule has 0 spiro atoms. The number of aryl methyl sites for hydroxylation is 2. The predicted octanol–water partition coefficient (Wildman–Crippen LogP) is 3.23. The Bertz CT molecular complexity index is 383. The zero-order valence-electron chi connectivity index (χ0n) is 12.6. The summed E-state index contributed by atoms with van der Waals surface area (Å²) in [6, 6.07) is 2.16. The second-order valence-electron chi connectivity index (χ2n) is 4.62. The van der Waals surface area contributed by atoms with Crippen molar-refractivity contribution in [1.29, 1.82) is 0 Å². The monoisotopic (exact) mass is 266 g/mol. The van der Waals surface area contributed by atoms with Crippen LogP contribution in [0.1, 0.15) is 50.4 Å². The zero-order valence-corrected chi connectivity index (χ0v) is 12.6. The van der Waals surface area contributed by atoms with Crippen molar-refractivity contribution >= 4 is 5.97 Å². The maximum absolute atomic E-state index is 10.9. The van der Waals surface area contributed by atoms with E-state index < -0.39 is 0 Å². The molecular formula is C15H26N2O2. The topological polar surface area (TPSA) is 44.1 Å². The first-order valence-corrected chi connectivity index (χ1v) is 6.64. The highest BCUT2D eigenvalue weighted by atomic mass is 16.5. The van der Waals surface area contributed by atoms with Gasteiger partial charge in [0.2, 0.25) is 0 Å². The van der Waals surface area contributed by atoms with Gasteiger partial charge in [0.05, 0.1) is 12.8 Å². The second-order valence-corrected chi connectivity index (χ2v) is 4.62. The van der Waals surface area contributed by atoms with E-state index in [1.807, 2.05) is 11.7 Å². The van der Waals surface area contributed by atoms with Gasteiger partial charge in [-0.3, -0.25) is 9.48 Å². The van der Waals surface area contributed by atoms with Crippen LogP contribution in [-0.2, 0) is 23.0 Å². The summed E-state index contributed by atoms with van der Waals surface area (Å²) >= 11 is 0. The summed E-state index contributed by atoms with van der Waals surface area (Å²) in [4.78, 5) is 10.9. The number of unbranched alkanes of at least 4 members (excludes halogenated alkanes) is 1. The van der Waals surface area contributed by atoms with Crippen LogP contribution in [0, 0.1) is 0 Å². The first kappa shape index (κ1) is 17.4. The van der Waals surface area contributed by atoms with Crippen LogP contribution in [0.3, 0.4) is 0 Å². The lowest BCUT2D eigenvalue weighted by Gasteiger charge is -2.02. The molecule has 0 saturated heterocycles. The molecule has 0 bridgehead atoms. The minimum absolute atomic E-state index is 0.131. The van der Waals surface area contributed by atoms with Gasteiger partial charge in [-0.15, -0.1) is 13.2 Å². The highest BCUT2D eigenvalue weighted by Gasteiger charge is 2.08. The standard InChI is InChI=1S/C13H22N2O2.C2H4/c1-10(2)12-9-11(14-15(12)3)7-5-6-8-13(16)17-4;1-2/h9-10H,5-8H2,1-4H3;1-2H2. The molecule has 1 rings (SSSR count). The smallest absolute Gasteiger partial charge is 0.305 e. The molecule has 0 fully saturated rings. The van der Waals surface area contributed by atoms with E-state index in [0.717, 1.165) is 25.0 Å². The van der Waals surface area contributed by atoms with Crippen LogP contribution in [-0.4, -0.2) is 22.9 Å². The molecule has 19 heavy (non-hydrogen) atoms. The Morgan fingerprint density at radius 3 is 2.53 bits per heavy atom. The molecule has 0 radical (unpaired) electrons. The molecule has 1 heterocycles. The highest BCUT2D eigenvalue weighted by molar-refractivity contribution is 5.68. The number of esters is 1. The number of nitrogens with zero attached hydrogens (tertiary/aromatic N) is 2. The van der Waals surface area contributed by atoms with Crippen LogP contribution in [0.25, 0.3) is 0 Å². The first-order valence-electron chi connectivity index (χ1n) is 6.64. The van der Waals surface area contributed by atoms with Crippen LogP contribution in [0.5, 0.6) is 0 Å². The van der Waals surface area contributed by atoms with Gasteiger partial charge in [-0.25, -0.2) is 0 Å². The Kier molecular flexibility index (Phi) is 8.58. The zero-order chi connectivity index (χ0) is 14.8. The van der Waals surface area contributed by atoms with Crippen LogP contribution < -0.4 is 0 Å². The maximum atomic E-state index is 10.9. The van der Waals surface area contributed by atoms with Gasteiger partial charge in [0.25, 0.3) is 0 Å². The van der Waals surface area contributed by atoms with Gasteiger partial charge in [0.1, 0.15) is 0 Å². The quantitative estimate of drug-likeness (QED) is 0.451. The molecule has 0 aliphatic rings. The summed E-state index contributed by atoms with van der Waals surface area (Å²) in [5.41, 5.74) is 2.37. The molecule has 4 heteroatoms. The maximum Gasteiger partial charge on any atom is 0.305 e. The van der Waals surface area contributed by atoms with E-state index in [9.17, 15) is 4.79 Å². The predicted molar refractivity (Wildman–Crippen MR) is 78.1 cm³/mol. The van der Waals surface area contributed by atoms with E-state index in [1.165, 1.54) is 12.8 Å². The van der Waals surface area contributed by atoms with Crippen molar-refractivity contribution in [1.82, 2.24) is 9.78 Å². The molecule has 0 saturated carbocycles. The van der Waals surface area contributed by atoms with Crippen molar-refractivity contribution in [2.75, 3.05) is 7.11 Å². The van der Waals surface area contributed by atoms with Gasteiger partial charge in [-0.2, -0.15) is 5.10 Å². The van der Waals surface area contributed by atoms with E-state index in [1.54, 1.807) is 0 Å². The van der Waals surface area contributed by atoms with Crippen molar-refractivity contribution in [3.05, 3.63) is 30.6 Å². The number of methoxy groups -OCH3 is 1. The summed E-state index contributed by atoms with van der Waals surface area (Å²) in [6.45, 7) is 10.3. The average molecular weight is 266 g/mol. The van der Waals surface area contributed by atoms with Gasteiger partial charge in [0, 0.05) is 19.2 Å². The molecule has 0 atom stereocenters. The van der Waals surface area contributed by atoms with E-state index >= 15 is 0 Å². The van der Waals surface area contributed by atoms with Crippen molar-refractivity contribution in [2.45, 2.75) is 45.4 Å². The SMILES string of the molecule is C=C.COC(=O)CCCCc1cc(C(C)C)n(C)n1. The van der Waals surface area contributed by atoms with Crippen molar-refractivity contribution < 1.29 is 9.53 Å². The lowest BCUT2D eigenvalue weighted by atomic mass is 10.1. The minimum atomic E-state index is -0.131. The molecule has 0 N–H and O–H groups in total. The Labute approximate surface area is 116 Å². The lowest BCUT2D eigenvalue weighted by Crippen LogP contribution is -2.00. The van der Waals surface area contributed by atoms with Gasteiger partial charge >= 0.3 is 5.97 Å². The van der Waals surface area contributed by atoms with Crippen molar-refractivity contribution in [3.8, 4) is 0 Å². The van der Waals surface area contributed by atoms with E-state index in [0.29, 0.717) is 12.3 Å². The van der Waals surface area contributed by atoms with Crippen LogP contribution in [0.4, 0.5) is 0 Å². The molecule has 1 aromatic rings. The van der Waals surface area contributed by atoms with Crippen LogP contribution >= 0.6 is 0 Å². The van der Waals surface area contributed by atoms with Crippen molar-refractivity contribution in [2.24, 2.45) is 7.05 Å².